The molecular formula is C19H23ClN2O. The Kier molecular flexibility index (Phi) is 6.06. The number of hydrogen-bond acceptors (Lipinski definition) is 3. The summed E-state index contributed by atoms with van der Waals surface area (Å²) >= 11 is 6.24. The average Bonchev–Trinajstić information content (AvgIpc) is 2.62. The van der Waals surface area contributed by atoms with Crippen LogP contribution in [0.15, 0.2) is 54.6 Å². The highest BCUT2D eigenvalue weighted by molar-refractivity contribution is 6.31. The van der Waals surface area contributed by atoms with E-state index < -0.39 is 0 Å². The first-order valence-corrected chi connectivity index (χ1v) is 8.53. The fourth-order valence-electron chi connectivity index (χ4n) is 3.01. The van der Waals surface area contributed by atoms with Crippen molar-refractivity contribution in [3.63, 3.8) is 0 Å². The maximum atomic E-state index is 6.24. The van der Waals surface area contributed by atoms with E-state index in [0.29, 0.717) is 6.04 Å². The highest BCUT2D eigenvalue weighted by Crippen LogP contribution is 2.21. The molecule has 1 aliphatic rings. The van der Waals surface area contributed by atoms with Gasteiger partial charge in [0.2, 0.25) is 0 Å². The van der Waals surface area contributed by atoms with Gasteiger partial charge in [-0.15, -0.1) is 0 Å². The molecule has 23 heavy (non-hydrogen) atoms. The average molecular weight is 331 g/mol. The molecule has 1 heterocycles. The molecule has 0 amide bonds. The molecule has 0 saturated carbocycles. The Morgan fingerprint density at radius 3 is 2.43 bits per heavy atom. The molecule has 122 valence electrons. The molecule has 1 fully saturated rings. The van der Waals surface area contributed by atoms with Crippen LogP contribution >= 0.6 is 11.6 Å². The third-order valence-corrected chi connectivity index (χ3v) is 4.65. The first-order valence-electron chi connectivity index (χ1n) is 8.15. The van der Waals surface area contributed by atoms with E-state index in [1.807, 2.05) is 18.2 Å². The van der Waals surface area contributed by atoms with Crippen molar-refractivity contribution in [2.24, 2.45) is 0 Å². The van der Waals surface area contributed by atoms with Crippen molar-refractivity contribution in [2.45, 2.75) is 12.6 Å². The van der Waals surface area contributed by atoms with Crippen LogP contribution in [0.4, 0.5) is 0 Å². The van der Waals surface area contributed by atoms with E-state index in [-0.39, 0.29) is 0 Å². The Labute approximate surface area is 143 Å². The van der Waals surface area contributed by atoms with Crippen LogP contribution in [0.1, 0.15) is 17.2 Å². The summed E-state index contributed by atoms with van der Waals surface area (Å²) in [5.74, 6) is 0. The van der Waals surface area contributed by atoms with Gasteiger partial charge in [-0.05, 0) is 17.2 Å². The molecule has 1 saturated heterocycles. The van der Waals surface area contributed by atoms with Crippen LogP contribution in [0.5, 0.6) is 0 Å². The molecule has 0 bridgehead atoms. The van der Waals surface area contributed by atoms with E-state index in [4.69, 9.17) is 16.3 Å². The maximum Gasteiger partial charge on any atom is 0.0594 e. The fraction of sp³-hybridized carbons (Fsp3) is 0.368. The number of nitrogens with zero attached hydrogens (tertiary/aromatic N) is 1. The van der Waals surface area contributed by atoms with Gasteiger partial charge in [-0.25, -0.2) is 0 Å². The predicted molar refractivity (Wildman–Crippen MR) is 94.7 cm³/mol. The van der Waals surface area contributed by atoms with Gasteiger partial charge in [0.05, 0.1) is 13.2 Å². The number of morpholine rings is 1. The Morgan fingerprint density at radius 1 is 1.00 bits per heavy atom. The molecule has 0 spiro atoms. The molecule has 0 aromatic heterocycles. The molecule has 1 aliphatic heterocycles. The lowest BCUT2D eigenvalue weighted by Crippen LogP contribution is -2.42. The molecule has 2 aromatic carbocycles. The fourth-order valence-corrected chi connectivity index (χ4v) is 3.21. The smallest absolute Gasteiger partial charge is 0.0594 e. The molecule has 3 rings (SSSR count). The van der Waals surface area contributed by atoms with E-state index in [1.165, 1.54) is 5.56 Å². The van der Waals surface area contributed by atoms with Gasteiger partial charge in [-0.3, -0.25) is 4.90 Å². The van der Waals surface area contributed by atoms with Crippen molar-refractivity contribution in [3.05, 3.63) is 70.7 Å². The molecule has 4 heteroatoms. The molecule has 1 unspecified atom stereocenters. The molecule has 0 radical (unpaired) electrons. The summed E-state index contributed by atoms with van der Waals surface area (Å²) in [6.07, 6.45) is 0. The number of halogens is 1. The minimum absolute atomic E-state index is 0.364. The SMILES string of the molecule is Clc1ccccc1CNCC(c1ccccc1)N1CCOCC1. The summed E-state index contributed by atoms with van der Waals surface area (Å²) in [4.78, 5) is 2.50. The lowest BCUT2D eigenvalue weighted by molar-refractivity contribution is 0.0161. The van der Waals surface area contributed by atoms with Crippen LogP contribution in [0.25, 0.3) is 0 Å². The summed E-state index contributed by atoms with van der Waals surface area (Å²) in [6, 6.07) is 19.1. The summed E-state index contributed by atoms with van der Waals surface area (Å²) in [5.41, 5.74) is 2.49. The van der Waals surface area contributed by atoms with Gasteiger partial charge in [-0.1, -0.05) is 60.1 Å². The quantitative estimate of drug-likeness (QED) is 0.877. The van der Waals surface area contributed by atoms with Gasteiger partial charge in [-0.2, -0.15) is 0 Å². The van der Waals surface area contributed by atoms with Gasteiger partial charge in [0.1, 0.15) is 0 Å². The minimum Gasteiger partial charge on any atom is -0.379 e. The van der Waals surface area contributed by atoms with Gasteiger partial charge in [0, 0.05) is 37.2 Å². The second kappa shape index (κ2) is 8.46. The van der Waals surface area contributed by atoms with Crippen LogP contribution < -0.4 is 5.32 Å². The third kappa shape index (κ3) is 4.55. The van der Waals surface area contributed by atoms with Crippen molar-refractivity contribution < 1.29 is 4.74 Å². The van der Waals surface area contributed by atoms with Crippen LogP contribution in [0.3, 0.4) is 0 Å². The van der Waals surface area contributed by atoms with Gasteiger partial charge in [0.15, 0.2) is 0 Å². The monoisotopic (exact) mass is 330 g/mol. The highest BCUT2D eigenvalue weighted by atomic mass is 35.5. The molecule has 3 nitrogen and oxygen atoms in total. The second-order valence-electron chi connectivity index (χ2n) is 5.80. The first kappa shape index (κ1) is 16.5. The molecule has 2 aromatic rings. The van der Waals surface area contributed by atoms with E-state index >= 15 is 0 Å². The van der Waals surface area contributed by atoms with Crippen molar-refractivity contribution in [2.75, 3.05) is 32.8 Å². The summed E-state index contributed by atoms with van der Waals surface area (Å²) in [7, 11) is 0. The zero-order valence-electron chi connectivity index (χ0n) is 13.2. The van der Waals surface area contributed by atoms with Crippen LogP contribution in [0, 0.1) is 0 Å². The third-order valence-electron chi connectivity index (χ3n) is 4.28. The summed E-state index contributed by atoms with van der Waals surface area (Å²) < 4.78 is 5.50. The largest absolute Gasteiger partial charge is 0.379 e. The Morgan fingerprint density at radius 2 is 1.70 bits per heavy atom. The van der Waals surface area contributed by atoms with Gasteiger partial charge >= 0.3 is 0 Å². The number of nitrogens with one attached hydrogen (secondary N) is 1. The van der Waals surface area contributed by atoms with E-state index in [0.717, 1.165) is 50.0 Å². The topological polar surface area (TPSA) is 24.5 Å². The van der Waals surface area contributed by atoms with Gasteiger partial charge in [0.25, 0.3) is 0 Å². The highest BCUT2D eigenvalue weighted by Gasteiger charge is 2.22. The second-order valence-corrected chi connectivity index (χ2v) is 6.20. The Bertz CT molecular complexity index is 599. The molecular weight excluding hydrogens is 308 g/mol. The van der Waals surface area contributed by atoms with Crippen LogP contribution in [-0.2, 0) is 11.3 Å². The summed E-state index contributed by atoms with van der Waals surface area (Å²) in [5, 5.41) is 4.39. The lowest BCUT2D eigenvalue weighted by atomic mass is 10.0. The van der Waals surface area contributed by atoms with E-state index in [9.17, 15) is 0 Å². The number of ether oxygens (including phenoxy) is 1. The van der Waals surface area contributed by atoms with Crippen molar-refractivity contribution in [1.29, 1.82) is 0 Å². The van der Waals surface area contributed by atoms with Crippen molar-refractivity contribution >= 4 is 11.6 Å². The number of rotatable bonds is 6. The molecule has 1 atom stereocenters. The van der Waals surface area contributed by atoms with Crippen molar-refractivity contribution in [1.82, 2.24) is 10.2 Å². The molecule has 0 aliphatic carbocycles. The lowest BCUT2D eigenvalue weighted by Gasteiger charge is -2.35. The maximum absolute atomic E-state index is 6.24. The zero-order chi connectivity index (χ0) is 15.9. The predicted octanol–water partition coefficient (Wildman–Crippen LogP) is 3.50. The standard InChI is InChI=1S/C19H23ClN2O/c20-18-9-5-4-8-17(18)14-21-15-19(16-6-2-1-3-7-16)22-10-12-23-13-11-22/h1-9,19,21H,10-15H2. The Balaban J connectivity index is 1.65. The van der Waals surface area contributed by atoms with Crippen LogP contribution in [-0.4, -0.2) is 37.7 Å². The van der Waals surface area contributed by atoms with Crippen LogP contribution in [0.2, 0.25) is 5.02 Å². The minimum atomic E-state index is 0.364. The number of benzene rings is 2. The normalized spacial score (nSPS) is 17.1. The Hall–Kier alpha value is -1.39. The van der Waals surface area contributed by atoms with E-state index in [2.05, 4.69) is 46.6 Å². The zero-order valence-corrected chi connectivity index (χ0v) is 14.0. The molecule has 1 N–H and O–H groups in total. The van der Waals surface area contributed by atoms with Crippen molar-refractivity contribution in [3.8, 4) is 0 Å². The number of hydrogen-bond donors (Lipinski definition) is 1. The van der Waals surface area contributed by atoms with E-state index in [1.54, 1.807) is 0 Å². The van der Waals surface area contributed by atoms with Gasteiger partial charge < -0.3 is 10.1 Å². The first-order chi connectivity index (χ1) is 11.3. The summed E-state index contributed by atoms with van der Waals surface area (Å²) in [6.45, 7) is 5.27.